The maximum absolute atomic E-state index is 11.8. The van der Waals surface area contributed by atoms with E-state index in [1.165, 1.54) is 0 Å². The monoisotopic (exact) mass is 274 g/mol. The van der Waals surface area contributed by atoms with Crippen LogP contribution in [0.3, 0.4) is 0 Å². The molecule has 0 bridgehead atoms. The molecule has 0 atom stereocenters. The minimum Gasteiger partial charge on any atom is -0.397 e. The predicted octanol–water partition coefficient (Wildman–Crippen LogP) is 0.478. The molecule has 6 nitrogen and oxygen atoms in total. The molecule has 1 aromatic carbocycles. The first-order valence-electron chi connectivity index (χ1n) is 6.75. The van der Waals surface area contributed by atoms with Crippen molar-refractivity contribution in [1.29, 1.82) is 0 Å². The Bertz CT molecular complexity index is 581. The zero-order valence-corrected chi connectivity index (χ0v) is 11.4. The number of hydrogen-bond acceptors (Lipinski definition) is 4. The van der Waals surface area contributed by atoms with Crippen molar-refractivity contribution in [1.82, 2.24) is 5.32 Å². The van der Waals surface area contributed by atoms with Gasteiger partial charge < -0.3 is 21.3 Å². The molecule has 4 N–H and O–H groups in total. The molecule has 0 aromatic heterocycles. The second kappa shape index (κ2) is 4.70. The Kier molecular flexibility index (Phi) is 3.00. The molecule has 0 unspecified atom stereocenters. The number of nitrogens with two attached hydrogens (primary N) is 1. The van der Waals surface area contributed by atoms with Gasteiger partial charge in [-0.25, -0.2) is 0 Å². The van der Waals surface area contributed by atoms with Crippen LogP contribution >= 0.6 is 0 Å². The summed E-state index contributed by atoms with van der Waals surface area (Å²) in [6, 6.07) is 3.99. The van der Waals surface area contributed by atoms with Crippen LogP contribution in [0.4, 0.5) is 17.1 Å². The number of hydrogen-bond donors (Lipinski definition) is 3. The molecule has 1 saturated carbocycles. The van der Waals surface area contributed by atoms with Gasteiger partial charge in [-0.15, -0.1) is 0 Å². The van der Waals surface area contributed by atoms with Crippen molar-refractivity contribution in [2.75, 3.05) is 29.5 Å². The molecule has 106 valence electrons. The molecule has 20 heavy (non-hydrogen) atoms. The summed E-state index contributed by atoms with van der Waals surface area (Å²) < 4.78 is 0. The highest BCUT2D eigenvalue weighted by Crippen LogP contribution is 2.33. The number of likely N-dealkylation sites (N-methyl/N-ethyl adjacent to an activating group) is 1. The quantitative estimate of drug-likeness (QED) is 0.697. The van der Waals surface area contributed by atoms with Crippen LogP contribution < -0.4 is 21.3 Å². The van der Waals surface area contributed by atoms with Crippen molar-refractivity contribution in [2.24, 2.45) is 0 Å². The first-order valence-corrected chi connectivity index (χ1v) is 6.75. The molecule has 1 heterocycles. The number of carbonyl (C=O) groups excluding carboxylic acids is 2. The van der Waals surface area contributed by atoms with Crippen molar-refractivity contribution >= 4 is 28.9 Å². The molecule has 2 aliphatic rings. The molecule has 1 aliphatic carbocycles. The molecule has 2 amide bonds. The second-order valence-electron chi connectivity index (χ2n) is 5.49. The number of carbonyl (C=O) groups is 2. The lowest BCUT2D eigenvalue weighted by atomic mass is 10.1. The Morgan fingerprint density at radius 2 is 2.25 bits per heavy atom. The number of fused-ring (bicyclic) bond motifs is 1. The van der Waals surface area contributed by atoms with Gasteiger partial charge in [0, 0.05) is 18.8 Å². The van der Waals surface area contributed by atoms with Crippen molar-refractivity contribution in [3.8, 4) is 0 Å². The third kappa shape index (κ3) is 2.54. The van der Waals surface area contributed by atoms with E-state index < -0.39 is 0 Å². The summed E-state index contributed by atoms with van der Waals surface area (Å²) in [5, 5.41) is 5.74. The van der Waals surface area contributed by atoms with Gasteiger partial charge >= 0.3 is 0 Å². The van der Waals surface area contributed by atoms with Gasteiger partial charge in [-0.05, 0) is 30.5 Å². The normalized spacial score (nSPS) is 16.6. The number of rotatable bonds is 4. The zero-order valence-electron chi connectivity index (χ0n) is 11.4. The molecular weight excluding hydrogens is 256 g/mol. The summed E-state index contributed by atoms with van der Waals surface area (Å²) >= 11 is 0. The van der Waals surface area contributed by atoms with E-state index in [0.717, 1.165) is 29.8 Å². The number of benzene rings is 1. The number of nitrogen functional groups attached to an aromatic ring is 1. The lowest BCUT2D eigenvalue weighted by Crippen LogP contribution is -2.36. The Hall–Kier alpha value is -2.24. The minimum atomic E-state index is -0.0225. The van der Waals surface area contributed by atoms with E-state index in [-0.39, 0.29) is 18.4 Å². The third-order valence-corrected chi connectivity index (χ3v) is 3.61. The number of nitrogens with zero attached hydrogens (tertiary/aromatic N) is 1. The molecule has 1 fully saturated rings. The lowest BCUT2D eigenvalue weighted by Gasteiger charge is -2.21. The largest absolute Gasteiger partial charge is 0.397 e. The number of anilines is 3. The smallest absolute Gasteiger partial charge is 0.239 e. The summed E-state index contributed by atoms with van der Waals surface area (Å²) in [5.74, 6) is -0.0235. The van der Waals surface area contributed by atoms with Crippen LogP contribution in [-0.2, 0) is 16.0 Å². The average molecular weight is 274 g/mol. The average Bonchev–Trinajstić information content (AvgIpc) is 3.08. The molecule has 0 saturated heterocycles. The van der Waals surface area contributed by atoms with Gasteiger partial charge in [-0.3, -0.25) is 9.59 Å². The highest BCUT2D eigenvalue weighted by atomic mass is 16.2. The molecule has 1 aromatic rings. The van der Waals surface area contributed by atoms with E-state index in [0.29, 0.717) is 18.2 Å². The fourth-order valence-electron chi connectivity index (χ4n) is 2.41. The van der Waals surface area contributed by atoms with Crippen molar-refractivity contribution in [3.63, 3.8) is 0 Å². The second-order valence-corrected chi connectivity index (χ2v) is 5.49. The van der Waals surface area contributed by atoms with E-state index in [9.17, 15) is 9.59 Å². The number of amides is 2. The van der Waals surface area contributed by atoms with Gasteiger partial charge in [0.05, 0.1) is 24.3 Å². The molecular formula is C14H18N4O2. The van der Waals surface area contributed by atoms with Crippen LogP contribution in [0.5, 0.6) is 0 Å². The van der Waals surface area contributed by atoms with Gasteiger partial charge in [-0.2, -0.15) is 0 Å². The minimum absolute atomic E-state index is 0.000987. The van der Waals surface area contributed by atoms with E-state index >= 15 is 0 Å². The first kappa shape index (κ1) is 12.8. The Morgan fingerprint density at radius 1 is 1.50 bits per heavy atom. The van der Waals surface area contributed by atoms with Crippen LogP contribution in [-0.4, -0.2) is 31.4 Å². The first-order chi connectivity index (χ1) is 9.52. The standard InChI is InChI=1S/C14H18N4O2/c1-18(7-14(20)16-9-2-3-9)12-6-11-8(4-10(12)15)5-13(19)17-11/h4,6,9H,2-3,5,7,15H2,1H3,(H,16,20)(H,17,19). The molecule has 1 aliphatic heterocycles. The summed E-state index contributed by atoms with van der Waals surface area (Å²) in [6.07, 6.45) is 2.51. The molecule has 6 heteroatoms. The zero-order chi connectivity index (χ0) is 14.3. The van der Waals surface area contributed by atoms with E-state index in [1.807, 2.05) is 13.1 Å². The van der Waals surface area contributed by atoms with Crippen molar-refractivity contribution < 1.29 is 9.59 Å². The van der Waals surface area contributed by atoms with Gasteiger partial charge in [-0.1, -0.05) is 0 Å². The summed E-state index contributed by atoms with van der Waals surface area (Å²) in [7, 11) is 1.82. The summed E-state index contributed by atoms with van der Waals surface area (Å²) in [6.45, 7) is 0.257. The van der Waals surface area contributed by atoms with Crippen LogP contribution in [0.15, 0.2) is 12.1 Å². The summed E-state index contributed by atoms with van der Waals surface area (Å²) in [5.41, 5.74) is 9.06. The highest BCUT2D eigenvalue weighted by Gasteiger charge is 2.24. The van der Waals surface area contributed by atoms with Gasteiger partial charge in [0.25, 0.3) is 0 Å². The maximum atomic E-state index is 11.8. The highest BCUT2D eigenvalue weighted by molar-refractivity contribution is 6.01. The predicted molar refractivity (Wildman–Crippen MR) is 77.6 cm³/mol. The fourth-order valence-corrected chi connectivity index (χ4v) is 2.41. The van der Waals surface area contributed by atoms with Gasteiger partial charge in [0.2, 0.25) is 11.8 Å². The molecule has 0 radical (unpaired) electrons. The number of nitrogens with one attached hydrogen (secondary N) is 2. The Morgan fingerprint density at radius 3 is 2.95 bits per heavy atom. The van der Waals surface area contributed by atoms with Gasteiger partial charge in [0.1, 0.15) is 0 Å². The van der Waals surface area contributed by atoms with Gasteiger partial charge in [0.15, 0.2) is 0 Å². The van der Waals surface area contributed by atoms with E-state index in [2.05, 4.69) is 10.6 Å². The van der Waals surface area contributed by atoms with Crippen LogP contribution in [0.1, 0.15) is 18.4 Å². The van der Waals surface area contributed by atoms with Crippen molar-refractivity contribution in [3.05, 3.63) is 17.7 Å². The summed E-state index contributed by atoms with van der Waals surface area (Å²) in [4.78, 5) is 25.0. The SMILES string of the molecule is CN(CC(=O)NC1CC1)c1cc2c(cc1N)CC(=O)N2. The van der Waals surface area contributed by atoms with Crippen LogP contribution in [0.25, 0.3) is 0 Å². The Balaban J connectivity index is 1.74. The molecule has 3 rings (SSSR count). The van der Waals surface area contributed by atoms with Crippen molar-refractivity contribution in [2.45, 2.75) is 25.3 Å². The van der Waals surface area contributed by atoms with Crippen LogP contribution in [0, 0.1) is 0 Å². The maximum Gasteiger partial charge on any atom is 0.239 e. The fraction of sp³-hybridized carbons (Fsp3) is 0.429. The van der Waals surface area contributed by atoms with Crippen LogP contribution in [0.2, 0.25) is 0 Å². The molecule has 0 spiro atoms. The lowest BCUT2D eigenvalue weighted by molar-refractivity contribution is -0.120. The van der Waals surface area contributed by atoms with E-state index in [4.69, 9.17) is 5.73 Å². The Labute approximate surface area is 117 Å². The third-order valence-electron chi connectivity index (χ3n) is 3.61. The topological polar surface area (TPSA) is 87.5 Å². The van der Waals surface area contributed by atoms with E-state index in [1.54, 1.807) is 11.0 Å².